The number of hydrogen-bond acceptors (Lipinski definition) is 3. The maximum Gasteiger partial charge on any atom is 0.325 e. The van der Waals surface area contributed by atoms with E-state index >= 15 is 0 Å². The second-order valence-corrected chi connectivity index (χ2v) is 6.24. The van der Waals surface area contributed by atoms with Gasteiger partial charge in [0, 0.05) is 6.20 Å². The molecule has 1 fully saturated rings. The number of imide groups is 1. The number of aromatic amines is 1. The van der Waals surface area contributed by atoms with Crippen LogP contribution in [0.3, 0.4) is 0 Å². The van der Waals surface area contributed by atoms with Crippen molar-refractivity contribution in [2.24, 2.45) is 0 Å². The average Bonchev–Trinajstić information content (AvgIpc) is 3.20. The van der Waals surface area contributed by atoms with Crippen LogP contribution in [0.25, 0.3) is 0 Å². The van der Waals surface area contributed by atoms with Crippen molar-refractivity contribution in [3.63, 3.8) is 0 Å². The fourth-order valence-electron chi connectivity index (χ4n) is 3.69. The molecule has 6 nitrogen and oxygen atoms in total. The molecule has 2 aromatic rings. The first-order chi connectivity index (χ1) is 11.6. The smallest absolute Gasteiger partial charge is 0.325 e. The van der Waals surface area contributed by atoms with Gasteiger partial charge in [0.05, 0.1) is 12.2 Å². The first-order valence-corrected chi connectivity index (χ1v) is 8.01. The van der Waals surface area contributed by atoms with E-state index < -0.39 is 11.6 Å². The molecule has 1 unspecified atom stereocenters. The number of Topliss-reactive ketones (excluding diaryl/α,β-unsaturated/α-hetero) is 1. The lowest BCUT2D eigenvalue weighted by atomic mass is 9.76. The van der Waals surface area contributed by atoms with Gasteiger partial charge in [-0.05, 0) is 42.5 Å². The number of nitrogens with one attached hydrogen (secondary N) is 2. The van der Waals surface area contributed by atoms with E-state index in [1.54, 1.807) is 18.3 Å². The molecule has 0 radical (unpaired) electrons. The molecule has 1 aromatic carbocycles. The summed E-state index contributed by atoms with van der Waals surface area (Å²) in [6.45, 7) is -0.255. The molecule has 1 aliphatic carbocycles. The third-order valence-electron chi connectivity index (χ3n) is 4.85. The van der Waals surface area contributed by atoms with Gasteiger partial charge in [-0.3, -0.25) is 14.5 Å². The fourth-order valence-corrected chi connectivity index (χ4v) is 3.69. The first kappa shape index (κ1) is 14.7. The minimum atomic E-state index is -1.03. The van der Waals surface area contributed by atoms with E-state index in [0.717, 1.165) is 28.9 Å². The monoisotopic (exact) mass is 323 g/mol. The molecule has 1 spiro atoms. The number of ketones is 1. The normalized spacial score (nSPS) is 22.6. The summed E-state index contributed by atoms with van der Waals surface area (Å²) in [5.41, 5.74) is 1.29. The lowest BCUT2D eigenvalue weighted by Gasteiger charge is -2.33. The highest BCUT2D eigenvalue weighted by Crippen LogP contribution is 2.39. The van der Waals surface area contributed by atoms with E-state index in [1.165, 1.54) is 0 Å². The predicted octanol–water partition coefficient (Wildman–Crippen LogP) is 1.98. The Hall–Kier alpha value is -2.89. The van der Waals surface area contributed by atoms with Crippen molar-refractivity contribution >= 4 is 17.7 Å². The van der Waals surface area contributed by atoms with Crippen LogP contribution in [-0.4, -0.2) is 34.2 Å². The molecular formula is C18H17N3O3. The maximum atomic E-state index is 13.0. The Morgan fingerprint density at radius 3 is 2.79 bits per heavy atom. The molecule has 2 N–H and O–H groups in total. The number of rotatable bonds is 3. The molecule has 2 heterocycles. The molecule has 24 heavy (non-hydrogen) atoms. The van der Waals surface area contributed by atoms with Crippen LogP contribution in [0.2, 0.25) is 0 Å². The number of carbonyl (C=O) groups is 3. The highest BCUT2D eigenvalue weighted by molar-refractivity contribution is 6.11. The summed E-state index contributed by atoms with van der Waals surface area (Å²) >= 11 is 0. The van der Waals surface area contributed by atoms with Gasteiger partial charge in [-0.25, -0.2) is 4.79 Å². The zero-order valence-electron chi connectivity index (χ0n) is 13.0. The predicted molar refractivity (Wildman–Crippen MR) is 86.4 cm³/mol. The van der Waals surface area contributed by atoms with Gasteiger partial charge >= 0.3 is 6.03 Å². The number of benzene rings is 1. The van der Waals surface area contributed by atoms with Gasteiger partial charge in [-0.2, -0.15) is 0 Å². The summed E-state index contributed by atoms with van der Waals surface area (Å²) in [5.74, 6) is -0.621. The van der Waals surface area contributed by atoms with Crippen molar-refractivity contribution in [1.82, 2.24) is 15.2 Å². The average molecular weight is 323 g/mol. The minimum Gasteiger partial charge on any atom is -0.359 e. The first-order valence-electron chi connectivity index (χ1n) is 8.01. The Morgan fingerprint density at radius 2 is 2.00 bits per heavy atom. The summed E-state index contributed by atoms with van der Waals surface area (Å²) in [4.78, 5) is 41.6. The molecule has 0 bridgehead atoms. The van der Waals surface area contributed by atoms with Gasteiger partial charge in [0.2, 0.25) is 0 Å². The summed E-state index contributed by atoms with van der Waals surface area (Å²) < 4.78 is 0. The number of carbonyl (C=O) groups excluding carboxylic acids is 3. The number of fused-ring (bicyclic) bond motifs is 2. The van der Waals surface area contributed by atoms with Gasteiger partial charge in [-0.1, -0.05) is 24.3 Å². The molecular weight excluding hydrogens is 306 g/mol. The molecule has 1 aromatic heterocycles. The lowest BCUT2D eigenvalue weighted by molar-refractivity contribution is -0.131. The summed E-state index contributed by atoms with van der Waals surface area (Å²) in [6.07, 6.45) is 3.91. The van der Waals surface area contributed by atoms with Crippen LogP contribution < -0.4 is 5.32 Å². The van der Waals surface area contributed by atoms with Gasteiger partial charge < -0.3 is 10.3 Å². The lowest BCUT2D eigenvalue weighted by Crippen LogP contribution is -2.46. The molecule has 1 aliphatic heterocycles. The van der Waals surface area contributed by atoms with Gasteiger partial charge in [-0.15, -0.1) is 0 Å². The molecule has 1 atom stereocenters. The Morgan fingerprint density at radius 1 is 1.17 bits per heavy atom. The third kappa shape index (κ3) is 2.06. The van der Waals surface area contributed by atoms with Crippen molar-refractivity contribution in [3.05, 3.63) is 59.4 Å². The van der Waals surface area contributed by atoms with Crippen LogP contribution >= 0.6 is 0 Å². The van der Waals surface area contributed by atoms with E-state index in [2.05, 4.69) is 10.3 Å². The highest BCUT2D eigenvalue weighted by Gasteiger charge is 2.54. The second-order valence-electron chi connectivity index (χ2n) is 6.24. The molecule has 6 heteroatoms. The topological polar surface area (TPSA) is 82.3 Å². The van der Waals surface area contributed by atoms with Crippen LogP contribution in [0.5, 0.6) is 0 Å². The van der Waals surface area contributed by atoms with E-state index in [4.69, 9.17) is 0 Å². The summed E-state index contributed by atoms with van der Waals surface area (Å²) in [6, 6.07) is 10.5. The standard InChI is InChI=1S/C18H17N3O3/c22-15(14-8-4-10-19-14)11-21-16(23)18(20-17(21)24)9-3-6-12-5-1-2-7-13(12)18/h1-2,4-5,7-8,10,19H,3,6,9,11H2,(H,20,24). The Bertz CT molecular complexity index is 828. The Kier molecular flexibility index (Phi) is 3.26. The third-order valence-corrected chi connectivity index (χ3v) is 4.85. The Balaban J connectivity index is 1.66. The minimum absolute atomic E-state index is 0.255. The van der Waals surface area contributed by atoms with Crippen molar-refractivity contribution in [1.29, 1.82) is 0 Å². The van der Waals surface area contributed by atoms with Crippen molar-refractivity contribution < 1.29 is 14.4 Å². The number of urea groups is 1. The van der Waals surface area contributed by atoms with E-state index in [1.807, 2.05) is 24.3 Å². The van der Waals surface area contributed by atoms with Gasteiger partial charge in [0.25, 0.3) is 5.91 Å². The number of amides is 3. The molecule has 3 amide bonds. The van der Waals surface area contributed by atoms with Crippen molar-refractivity contribution in [2.45, 2.75) is 24.8 Å². The van der Waals surface area contributed by atoms with Crippen LogP contribution in [0.4, 0.5) is 4.79 Å². The summed E-state index contributed by atoms with van der Waals surface area (Å²) in [7, 11) is 0. The van der Waals surface area contributed by atoms with Crippen LogP contribution in [0.1, 0.15) is 34.5 Å². The molecule has 4 rings (SSSR count). The zero-order valence-corrected chi connectivity index (χ0v) is 13.0. The quantitative estimate of drug-likeness (QED) is 0.669. The van der Waals surface area contributed by atoms with Gasteiger partial charge in [0.15, 0.2) is 5.78 Å². The largest absolute Gasteiger partial charge is 0.359 e. The van der Waals surface area contributed by atoms with Crippen molar-refractivity contribution in [3.8, 4) is 0 Å². The molecule has 0 saturated carbocycles. The number of nitrogens with zero attached hydrogens (tertiary/aromatic N) is 1. The van der Waals surface area contributed by atoms with E-state index in [0.29, 0.717) is 12.1 Å². The van der Waals surface area contributed by atoms with Crippen molar-refractivity contribution in [2.75, 3.05) is 6.54 Å². The highest BCUT2D eigenvalue weighted by atomic mass is 16.2. The zero-order chi connectivity index (χ0) is 16.7. The maximum absolute atomic E-state index is 13.0. The second kappa shape index (κ2) is 5.33. The number of aryl methyl sites for hydroxylation is 1. The SMILES string of the molecule is O=C(CN1C(=O)NC2(CCCc3ccccc32)C1=O)c1ccc[nH]1. The Labute approximate surface area is 138 Å². The molecule has 122 valence electrons. The van der Waals surface area contributed by atoms with E-state index in [9.17, 15) is 14.4 Å². The van der Waals surface area contributed by atoms with Gasteiger partial charge in [0.1, 0.15) is 5.54 Å². The number of aromatic nitrogens is 1. The van der Waals surface area contributed by atoms with Crippen LogP contribution in [-0.2, 0) is 16.8 Å². The molecule has 2 aliphatic rings. The fraction of sp³-hybridized carbons (Fsp3) is 0.278. The number of hydrogen-bond donors (Lipinski definition) is 2. The number of H-pyrrole nitrogens is 1. The van der Waals surface area contributed by atoms with E-state index in [-0.39, 0.29) is 18.2 Å². The van der Waals surface area contributed by atoms with Crippen LogP contribution in [0.15, 0.2) is 42.6 Å². The molecule has 1 saturated heterocycles. The van der Waals surface area contributed by atoms with Crippen LogP contribution in [0, 0.1) is 0 Å². The summed E-state index contributed by atoms with van der Waals surface area (Å²) in [5, 5.41) is 2.85.